The third-order valence-electron chi connectivity index (χ3n) is 2.43. The molecule has 0 heterocycles. The Morgan fingerprint density at radius 2 is 1.65 bits per heavy atom. The lowest BCUT2D eigenvalue weighted by Gasteiger charge is -2.11. The normalized spacial score (nSPS) is 10.2. The van der Waals surface area contributed by atoms with Crippen molar-refractivity contribution in [2.45, 2.75) is 11.5 Å². The van der Waals surface area contributed by atoms with Crippen molar-refractivity contribution in [1.82, 2.24) is 0 Å². The summed E-state index contributed by atoms with van der Waals surface area (Å²) >= 11 is 1.64. The average molecular weight is 246 g/mol. The maximum Gasteiger partial charge on any atom is 0.140 e. The van der Waals surface area contributed by atoms with Crippen LogP contribution < -0.4 is 4.74 Å². The van der Waals surface area contributed by atoms with Gasteiger partial charge in [0.05, 0.1) is 6.61 Å². The molecular weight excluding hydrogens is 232 g/mol. The summed E-state index contributed by atoms with van der Waals surface area (Å²) in [6.45, 7) is -0.0163. The van der Waals surface area contributed by atoms with E-state index in [9.17, 15) is 5.11 Å². The summed E-state index contributed by atoms with van der Waals surface area (Å²) in [5, 5.41) is 9.24. The predicted octanol–water partition coefficient (Wildman–Crippen LogP) is 3.69. The molecule has 2 nitrogen and oxygen atoms in total. The first kappa shape index (κ1) is 12.0. The highest BCUT2D eigenvalue weighted by Crippen LogP contribution is 2.32. The molecule has 2 aromatic rings. The maximum atomic E-state index is 9.24. The van der Waals surface area contributed by atoms with Crippen LogP contribution in [0, 0.1) is 0 Å². The molecule has 17 heavy (non-hydrogen) atoms. The molecule has 0 aliphatic carbocycles. The van der Waals surface area contributed by atoms with Crippen molar-refractivity contribution in [3.63, 3.8) is 0 Å². The molecular formula is C14H14O2S. The Morgan fingerprint density at radius 1 is 1.00 bits per heavy atom. The van der Waals surface area contributed by atoms with E-state index in [1.165, 1.54) is 0 Å². The third-order valence-corrected chi connectivity index (χ3v) is 3.21. The summed E-state index contributed by atoms with van der Waals surface area (Å²) < 4.78 is 5.84. The second-order valence-electron chi connectivity index (χ2n) is 3.52. The second kappa shape index (κ2) is 5.75. The number of thioether (sulfide) groups is 1. The fourth-order valence-corrected chi connectivity index (χ4v) is 2.08. The van der Waals surface area contributed by atoms with Crippen LogP contribution >= 0.6 is 11.8 Å². The minimum Gasteiger partial charge on any atom is -0.456 e. The zero-order valence-electron chi connectivity index (χ0n) is 9.59. The Morgan fingerprint density at radius 3 is 2.35 bits per heavy atom. The number of hydrogen-bond donors (Lipinski definition) is 1. The molecule has 0 aliphatic rings. The number of aliphatic hydroxyl groups excluding tert-OH is 1. The van der Waals surface area contributed by atoms with Gasteiger partial charge in [0, 0.05) is 10.5 Å². The Hall–Kier alpha value is -1.45. The van der Waals surface area contributed by atoms with Crippen molar-refractivity contribution in [1.29, 1.82) is 0 Å². The second-order valence-corrected chi connectivity index (χ2v) is 4.37. The molecule has 0 unspecified atom stereocenters. The molecule has 0 radical (unpaired) electrons. The summed E-state index contributed by atoms with van der Waals surface area (Å²) in [6, 6.07) is 15.4. The van der Waals surface area contributed by atoms with Gasteiger partial charge in [0.1, 0.15) is 11.5 Å². The van der Waals surface area contributed by atoms with Crippen LogP contribution in [-0.4, -0.2) is 11.4 Å². The topological polar surface area (TPSA) is 29.5 Å². The van der Waals surface area contributed by atoms with Gasteiger partial charge in [-0.2, -0.15) is 0 Å². The van der Waals surface area contributed by atoms with Gasteiger partial charge in [-0.1, -0.05) is 30.3 Å². The van der Waals surface area contributed by atoms with E-state index in [0.717, 1.165) is 16.2 Å². The van der Waals surface area contributed by atoms with Gasteiger partial charge < -0.3 is 9.84 Å². The Bertz CT molecular complexity index is 452. The molecule has 2 rings (SSSR count). The van der Waals surface area contributed by atoms with Gasteiger partial charge in [-0.3, -0.25) is 0 Å². The van der Waals surface area contributed by atoms with Gasteiger partial charge >= 0.3 is 0 Å². The van der Waals surface area contributed by atoms with E-state index >= 15 is 0 Å². The summed E-state index contributed by atoms with van der Waals surface area (Å²) in [6.07, 6.45) is 2.01. The molecule has 0 atom stereocenters. The Balaban J connectivity index is 2.31. The van der Waals surface area contributed by atoms with Gasteiger partial charge in [-0.15, -0.1) is 11.8 Å². The molecule has 88 valence electrons. The molecule has 0 fully saturated rings. The molecule has 1 N–H and O–H groups in total. The van der Waals surface area contributed by atoms with E-state index in [-0.39, 0.29) is 6.61 Å². The highest BCUT2D eigenvalue weighted by molar-refractivity contribution is 7.98. The molecule has 3 heteroatoms. The molecule has 0 aromatic heterocycles. The van der Waals surface area contributed by atoms with Crippen molar-refractivity contribution in [2.75, 3.05) is 6.26 Å². The zero-order valence-corrected chi connectivity index (χ0v) is 10.4. The lowest BCUT2D eigenvalue weighted by atomic mass is 10.2. The number of hydrogen-bond acceptors (Lipinski definition) is 3. The maximum absolute atomic E-state index is 9.24. The van der Waals surface area contributed by atoms with Crippen LogP contribution in [0.5, 0.6) is 11.5 Å². The lowest BCUT2D eigenvalue weighted by Crippen LogP contribution is -1.92. The predicted molar refractivity (Wildman–Crippen MR) is 70.7 cm³/mol. The fourth-order valence-electron chi connectivity index (χ4n) is 1.56. The highest BCUT2D eigenvalue weighted by Gasteiger charge is 2.06. The summed E-state index contributed by atoms with van der Waals surface area (Å²) in [4.78, 5) is 1.08. The third kappa shape index (κ3) is 2.81. The monoisotopic (exact) mass is 246 g/mol. The average Bonchev–Trinajstić information content (AvgIpc) is 2.40. The van der Waals surface area contributed by atoms with Crippen molar-refractivity contribution >= 4 is 11.8 Å². The van der Waals surface area contributed by atoms with Crippen LogP contribution in [0.4, 0.5) is 0 Å². The van der Waals surface area contributed by atoms with E-state index < -0.39 is 0 Å². The van der Waals surface area contributed by atoms with Crippen molar-refractivity contribution < 1.29 is 9.84 Å². The highest BCUT2D eigenvalue weighted by atomic mass is 32.2. The summed E-state index contributed by atoms with van der Waals surface area (Å²) in [5.74, 6) is 1.53. The smallest absolute Gasteiger partial charge is 0.140 e. The molecule has 0 saturated carbocycles. The first-order valence-corrected chi connectivity index (χ1v) is 6.57. The van der Waals surface area contributed by atoms with Crippen LogP contribution in [0.15, 0.2) is 53.4 Å². The van der Waals surface area contributed by atoms with E-state index in [4.69, 9.17) is 4.74 Å². The number of ether oxygens (including phenoxy) is 1. The Labute approximate surface area is 105 Å². The van der Waals surface area contributed by atoms with Gasteiger partial charge in [0.15, 0.2) is 0 Å². The Kier molecular flexibility index (Phi) is 4.07. The van der Waals surface area contributed by atoms with Gasteiger partial charge in [-0.05, 0) is 24.5 Å². The first-order valence-electron chi connectivity index (χ1n) is 5.35. The molecule has 0 bridgehead atoms. The SMILES string of the molecule is CSc1ccccc1Oc1ccccc1CO. The van der Waals surface area contributed by atoms with Crippen LogP contribution in [0.2, 0.25) is 0 Å². The zero-order chi connectivity index (χ0) is 12.1. The number of para-hydroxylation sites is 2. The number of benzene rings is 2. The van der Waals surface area contributed by atoms with E-state index in [1.807, 2.05) is 54.8 Å². The largest absolute Gasteiger partial charge is 0.456 e. The molecule has 0 spiro atoms. The lowest BCUT2D eigenvalue weighted by molar-refractivity contribution is 0.276. The molecule has 0 amide bonds. The van der Waals surface area contributed by atoms with Crippen LogP contribution in [-0.2, 0) is 6.61 Å². The number of aliphatic hydroxyl groups is 1. The van der Waals surface area contributed by atoms with Crippen LogP contribution in [0.1, 0.15) is 5.56 Å². The minimum atomic E-state index is -0.0163. The van der Waals surface area contributed by atoms with Crippen molar-refractivity contribution in [3.05, 3.63) is 54.1 Å². The van der Waals surface area contributed by atoms with Crippen LogP contribution in [0.3, 0.4) is 0 Å². The van der Waals surface area contributed by atoms with E-state index in [0.29, 0.717) is 5.75 Å². The molecule has 0 saturated heterocycles. The minimum absolute atomic E-state index is 0.0163. The van der Waals surface area contributed by atoms with Crippen molar-refractivity contribution in [2.24, 2.45) is 0 Å². The molecule has 2 aromatic carbocycles. The van der Waals surface area contributed by atoms with Gasteiger partial charge in [0.25, 0.3) is 0 Å². The van der Waals surface area contributed by atoms with Crippen LogP contribution in [0.25, 0.3) is 0 Å². The summed E-state index contributed by atoms with van der Waals surface area (Å²) in [7, 11) is 0. The van der Waals surface area contributed by atoms with Gasteiger partial charge in [0.2, 0.25) is 0 Å². The van der Waals surface area contributed by atoms with Gasteiger partial charge in [-0.25, -0.2) is 0 Å². The number of rotatable bonds is 4. The van der Waals surface area contributed by atoms with E-state index in [1.54, 1.807) is 11.8 Å². The quantitative estimate of drug-likeness (QED) is 0.834. The standard InChI is InChI=1S/C14H14O2S/c1-17-14-9-5-4-8-13(14)16-12-7-3-2-6-11(12)10-15/h2-9,15H,10H2,1H3. The summed E-state index contributed by atoms with van der Waals surface area (Å²) in [5.41, 5.74) is 0.795. The van der Waals surface area contributed by atoms with E-state index in [2.05, 4.69) is 0 Å². The fraction of sp³-hybridized carbons (Fsp3) is 0.143. The first-order chi connectivity index (χ1) is 8.35. The van der Waals surface area contributed by atoms with Crippen molar-refractivity contribution in [3.8, 4) is 11.5 Å². The molecule has 0 aliphatic heterocycles.